The van der Waals surface area contributed by atoms with Crippen LogP contribution in [-0.4, -0.2) is 14.0 Å². The molecule has 0 aromatic carbocycles. The van der Waals surface area contributed by atoms with Gasteiger partial charge in [-0.1, -0.05) is 20.8 Å². The zero-order chi connectivity index (χ0) is 13.8. The van der Waals surface area contributed by atoms with Crippen LogP contribution in [0.15, 0.2) is 16.3 Å². The third kappa shape index (κ3) is 3.10. The van der Waals surface area contributed by atoms with Crippen LogP contribution < -0.4 is 4.72 Å². The molecule has 0 unspecified atom stereocenters. The molecule has 0 saturated carbocycles. The highest BCUT2D eigenvalue weighted by atomic mass is 32.2. The van der Waals surface area contributed by atoms with E-state index in [-0.39, 0.29) is 4.21 Å². The first kappa shape index (κ1) is 15.2. The molecular weight excluding hydrogens is 268 g/mol. The van der Waals surface area contributed by atoms with Crippen LogP contribution in [-0.2, 0) is 16.4 Å². The average molecular weight is 286 g/mol. The van der Waals surface area contributed by atoms with Crippen molar-refractivity contribution in [2.75, 3.05) is 0 Å². The number of sulfonamides is 1. The van der Waals surface area contributed by atoms with Gasteiger partial charge in [-0.2, -0.15) is 9.98 Å². The molecule has 6 heteroatoms. The quantitative estimate of drug-likeness (QED) is 0.874. The number of hydrogen-bond donors (Lipinski definition) is 1. The summed E-state index contributed by atoms with van der Waals surface area (Å²) in [5.74, 6) is 0. The van der Waals surface area contributed by atoms with E-state index in [0.29, 0.717) is 12.8 Å². The third-order valence-corrected chi connectivity index (χ3v) is 6.26. The zero-order valence-corrected chi connectivity index (χ0v) is 12.5. The molecule has 0 bridgehead atoms. The number of nitrogens with one attached hydrogen (secondary N) is 1. The molecule has 0 radical (unpaired) electrons. The van der Waals surface area contributed by atoms with Gasteiger partial charge in [-0.25, -0.2) is 8.42 Å². The van der Waals surface area contributed by atoms with E-state index >= 15 is 0 Å². The van der Waals surface area contributed by atoms with Crippen LogP contribution in [0, 0.1) is 11.3 Å². The Hall–Kier alpha value is -0.900. The summed E-state index contributed by atoms with van der Waals surface area (Å²) in [5, 5.41) is 9.16. The minimum Gasteiger partial charge on any atom is -0.206 e. The van der Waals surface area contributed by atoms with Gasteiger partial charge in [-0.15, -0.1) is 11.3 Å². The number of rotatable bonds is 6. The van der Waals surface area contributed by atoms with Gasteiger partial charge >= 0.3 is 0 Å². The van der Waals surface area contributed by atoms with Crippen LogP contribution in [0.1, 0.15) is 38.5 Å². The minimum absolute atomic E-state index is 0.279. The van der Waals surface area contributed by atoms with Gasteiger partial charge in [0.2, 0.25) is 0 Å². The zero-order valence-electron chi connectivity index (χ0n) is 10.9. The molecule has 1 rings (SSSR count). The summed E-state index contributed by atoms with van der Waals surface area (Å²) in [5.41, 5.74) is -1.00. The Balaban J connectivity index is 3.05. The summed E-state index contributed by atoms with van der Waals surface area (Å²) in [6.07, 6.45) is 1.71. The van der Waals surface area contributed by atoms with E-state index in [0.717, 1.165) is 11.3 Å². The maximum absolute atomic E-state index is 12.2. The molecule has 1 N–H and O–H groups in total. The monoisotopic (exact) mass is 286 g/mol. The fourth-order valence-electron chi connectivity index (χ4n) is 1.58. The first-order chi connectivity index (χ1) is 8.43. The number of nitriles is 1. The Morgan fingerprint density at radius 2 is 1.94 bits per heavy atom. The van der Waals surface area contributed by atoms with Crippen molar-refractivity contribution in [3.63, 3.8) is 0 Å². The van der Waals surface area contributed by atoms with E-state index in [4.69, 9.17) is 5.26 Å². The average Bonchev–Trinajstić information content (AvgIpc) is 2.85. The lowest BCUT2D eigenvalue weighted by Crippen LogP contribution is -2.46. The molecule has 1 heterocycles. The molecule has 0 atom stereocenters. The summed E-state index contributed by atoms with van der Waals surface area (Å²) in [6.45, 7) is 5.59. The predicted molar refractivity (Wildman–Crippen MR) is 72.9 cm³/mol. The van der Waals surface area contributed by atoms with Gasteiger partial charge in [-0.05, 0) is 31.4 Å². The van der Waals surface area contributed by atoms with Gasteiger partial charge in [0.1, 0.15) is 9.75 Å². The Morgan fingerprint density at radius 1 is 1.33 bits per heavy atom. The Labute approximate surface area is 113 Å². The fraction of sp³-hybridized carbons (Fsp3) is 0.583. The number of thiophene rings is 1. The van der Waals surface area contributed by atoms with Crippen molar-refractivity contribution < 1.29 is 8.42 Å². The molecular formula is C12H18N2O2S2. The largest absolute Gasteiger partial charge is 0.251 e. The molecule has 1 aromatic heterocycles. The first-order valence-electron chi connectivity index (χ1n) is 5.97. The van der Waals surface area contributed by atoms with Crippen molar-refractivity contribution >= 4 is 21.4 Å². The number of aryl methyl sites for hydroxylation is 1. The third-order valence-electron chi connectivity index (χ3n) is 3.00. The second-order valence-electron chi connectivity index (χ2n) is 4.08. The van der Waals surface area contributed by atoms with Crippen molar-refractivity contribution in [2.45, 2.75) is 49.8 Å². The fourth-order valence-corrected chi connectivity index (χ4v) is 4.33. The van der Waals surface area contributed by atoms with E-state index < -0.39 is 15.6 Å². The molecule has 4 nitrogen and oxygen atoms in total. The van der Waals surface area contributed by atoms with Crippen LogP contribution in [0.3, 0.4) is 0 Å². The molecule has 0 aliphatic rings. The maximum Gasteiger partial charge on any atom is 0.251 e. The smallest absolute Gasteiger partial charge is 0.206 e. The maximum atomic E-state index is 12.2. The lowest BCUT2D eigenvalue weighted by Gasteiger charge is -2.24. The van der Waals surface area contributed by atoms with E-state index in [2.05, 4.69) is 10.8 Å². The minimum atomic E-state index is -3.60. The molecule has 0 amide bonds. The lowest BCUT2D eigenvalue weighted by atomic mass is 9.97. The molecule has 0 aliphatic carbocycles. The highest BCUT2D eigenvalue weighted by molar-refractivity contribution is 7.91. The van der Waals surface area contributed by atoms with Crippen molar-refractivity contribution in [1.82, 2.24) is 4.72 Å². The molecule has 0 spiro atoms. The van der Waals surface area contributed by atoms with Crippen LogP contribution in [0.25, 0.3) is 0 Å². The molecule has 0 aliphatic heterocycles. The van der Waals surface area contributed by atoms with Gasteiger partial charge in [0, 0.05) is 4.88 Å². The number of hydrogen-bond acceptors (Lipinski definition) is 4. The van der Waals surface area contributed by atoms with Crippen molar-refractivity contribution in [1.29, 1.82) is 5.26 Å². The highest BCUT2D eigenvalue weighted by Crippen LogP contribution is 2.25. The van der Waals surface area contributed by atoms with E-state index in [1.807, 2.05) is 13.0 Å². The molecule has 100 valence electrons. The van der Waals surface area contributed by atoms with E-state index in [1.54, 1.807) is 19.9 Å². The summed E-state index contributed by atoms with van der Waals surface area (Å²) >= 11 is 1.25. The highest BCUT2D eigenvalue weighted by Gasteiger charge is 2.32. The van der Waals surface area contributed by atoms with Crippen molar-refractivity contribution in [2.24, 2.45) is 0 Å². The van der Waals surface area contributed by atoms with Crippen LogP contribution in [0.4, 0.5) is 0 Å². The topological polar surface area (TPSA) is 70.0 Å². The summed E-state index contributed by atoms with van der Waals surface area (Å²) in [4.78, 5) is 1.02. The second-order valence-corrected chi connectivity index (χ2v) is 7.16. The summed E-state index contributed by atoms with van der Waals surface area (Å²) in [7, 11) is -3.60. The lowest BCUT2D eigenvalue weighted by molar-refractivity contribution is 0.447. The van der Waals surface area contributed by atoms with Crippen molar-refractivity contribution in [3.8, 4) is 6.07 Å². The molecule has 1 aromatic rings. The Kier molecular flexibility index (Phi) is 4.91. The second kappa shape index (κ2) is 5.83. The van der Waals surface area contributed by atoms with Gasteiger partial charge in [0.05, 0.1) is 6.07 Å². The molecule has 0 saturated heterocycles. The van der Waals surface area contributed by atoms with Gasteiger partial charge < -0.3 is 0 Å². The Morgan fingerprint density at radius 3 is 2.33 bits per heavy atom. The first-order valence-corrected chi connectivity index (χ1v) is 8.27. The normalized spacial score (nSPS) is 12.3. The standard InChI is InChI=1S/C12H18N2O2S2/c1-4-10-7-8-11(17-10)18(15,16)14-12(5-2,6-3)9-13/h7-8,14H,4-6H2,1-3H3. The van der Waals surface area contributed by atoms with Gasteiger partial charge in [0.25, 0.3) is 10.0 Å². The van der Waals surface area contributed by atoms with E-state index in [1.165, 1.54) is 11.3 Å². The van der Waals surface area contributed by atoms with Crippen LogP contribution in [0.2, 0.25) is 0 Å². The molecule has 0 fully saturated rings. The van der Waals surface area contributed by atoms with Gasteiger partial charge in [-0.3, -0.25) is 0 Å². The predicted octanol–water partition coefficient (Wildman–Crippen LogP) is 2.67. The number of nitrogens with zero attached hydrogens (tertiary/aromatic N) is 1. The Bertz CT molecular complexity index is 537. The SMILES string of the molecule is CCc1ccc(S(=O)(=O)NC(C#N)(CC)CC)s1. The van der Waals surface area contributed by atoms with Crippen molar-refractivity contribution in [3.05, 3.63) is 17.0 Å². The molecule has 18 heavy (non-hydrogen) atoms. The van der Waals surface area contributed by atoms with Gasteiger partial charge in [0.15, 0.2) is 0 Å². The summed E-state index contributed by atoms with van der Waals surface area (Å²) < 4.78 is 27.2. The van der Waals surface area contributed by atoms with Crippen LogP contribution >= 0.6 is 11.3 Å². The van der Waals surface area contributed by atoms with E-state index in [9.17, 15) is 8.42 Å². The van der Waals surface area contributed by atoms with Crippen LogP contribution in [0.5, 0.6) is 0 Å². The summed E-state index contributed by atoms with van der Waals surface area (Å²) in [6, 6.07) is 5.48.